The summed E-state index contributed by atoms with van der Waals surface area (Å²) in [7, 11) is 0. The van der Waals surface area contributed by atoms with E-state index < -0.39 is 23.7 Å². The number of nitrogens with zero attached hydrogens (tertiary/aromatic N) is 1. The number of benzene rings is 3. The maximum atomic E-state index is 13.4. The lowest BCUT2D eigenvalue weighted by molar-refractivity contribution is -0.122. The monoisotopic (exact) mass is 544 g/mol. The van der Waals surface area contributed by atoms with Crippen molar-refractivity contribution >= 4 is 29.6 Å². The van der Waals surface area contributed by atoms with Gasteiger partial charge in [0.05, 0.1) is 12.3 Å². The fraction of sp³-hybridized carbons (Fsp3) is 0.167. The zero-order valence-electron chi connectivity index (χ0n) is 21.6. The Labute approximate surface area is 229 Å². The van der Waals surface area contributed by atoms with Crippen LogP contribution in [0.25, 0.3) is 6.08 Å². The molecule has 3 aromatic carbocycles. The van der Waals surface area contributed by atoms with Crippen molar-refractivity contribution in [2.24, 2.45) is 0 Å². The van der Waals surface area contributed by atoms with Crippen molar-refractivity contribution in [3.05, 3.63) is 95.3 Å². The first kappa shape index (κ1) is 26.5. The van der Waals surface area contributed by atoms with Gasteiger partial charge in [0, 0.05) is 5.56 Å². The van der Waals surface area contributed by atoms with Crippen molar-refractivity contribution in [3.63, 3.8) is 0 Å². The van der Waals surface area contributed by atoms with Crippen LogP contribution in [0.3, 0.4) is 0 Å². The Hall–Kier alpha value is -5.12. The summed E-state index contributed by atoms with van der Waals surface area (Å²) < 4.78 is 36.3. The molecule has 1 saturated heterocycles. The third kappa shape index (κ3) is 5.37. The number of hydrogen-bond donors (Lipinski definition) is 1. The highest BCUT2D eigenvalue weighted by atomic mass is 19.1. The van der Waals surface area contributed by atoms with E-state index in [1.165, 1.54) is 18.2 Å². The number of carbonyl (C=O) groups is 3. The second-order valence-corrected chi connectivity index (χ2v) is 8.84. The summed E-state index contributed by atoms with van der Waals surface area (Å²) in [6.45, 7) is 6.37. The number of fused-ring (bicyclic) bond motifs is 1. The second-order valence-electron chi connectivity index (χ2n) is 8.84. The van der Waals surface area contributed by atoms with E-state index in [4.69, 9.17) is 18.9 Å². The van der Waals surface area contributed by atoms with E-state index in [1.54, 1.807) is 18.2 Å². The molecular formula is C30H25FN2O7. The lowest BCUT2D eigenvalue weighted by Crippen LogP contribution is -2.54. The Morgan fingerprint density at radius 3 is 2.55 bits per heavy atom. The minimum absolute atomic E-state index is 0.122. The number of nitrogens with one attached hydrogen (secondary N) is 1. The molecule has 0 radical (unpaired) electrons. The molecule has 9 nitrogen and oxygen atoms in total. The highest BCUT2D eigenvalue weighted by Crippen LogP contribution is 2.37. The Morgan fingerprint density at radius 2 is 1.80 bits per heavy atom. The zero-order chi connectivity index (χ0) is 28.2. The number of carbonyl (C=O) groups excluding carboxylic acids is 3. The number of halogens is 1. The van der Waals surface area contributed by atoms with Crippen LogP contribution in [0.1, 0.15) is 23.6 Å². The normalized spacial score (nSPS) is 15.3. The fourth-order valence-electron chi connectivity index (χ4n) is 4.34. The largest absolute Gasteiger partial charge is 0.490 e. The summed E-state index contributed by atoms with van der Waals surface area (Å²) in [4.78, 5) is 39.2. The quantitative estimate of drug-likeness (QED) is 0.232. The van der Waals surface area contributed by atoms with Crippen molar-refractivity contribution in [1.82, 2.24) is 5.32 Å². The van der Waals surface area contributed by atoms with Crippen LogP contribution in [0.4, 0.5) is 14.9 Å². The lowest BCUT2D eigenvalue weighted by atomic mass is 10.0. The van der Waals surface area contributed by atoms with E-state index in [0.29, 0.717) is 47.2 Å². The van der Waals surface area contributed by atoms with Crippen LogP contribution >= 0.6 is 0 Å². The average molecular weight is 545 g/mol. The molecule has 1 fully saturated rings. The Morgan fingerprint density at radius 1 is 1.02 bits per heavy atom. The summed E-state index contributed by atoms with van der Waals surface area (Å²) in [5.74, 6) is -0.00730. The highest BCUT2D eigenvalue weighted by molar-refractivity contribution is 6.39. The van der Waals surface area contributed by atoms with Gasteiger partial charge in [0.15, 0.2) is 23.0 Å². The molecule has 2 aliphatic rings. The van der Waals surface area contributed by atoms with Crippen molar-refractivity contribution < 1.29 is 37.7 Å². The number of imide groups is 2. The molecule has 2 heterocycles. The summed E-state index contributed by atoms with van der Waals surface area (Å²) in [5, 5.41) is 2.16. The molecule has 0 aliphatic carbocycles. The van der Waals surface area contributed by atoms with Crippen molar-refractivity contribution in [2.45, 2.75) is 20.0 Å². The van der Waals surface area contributed by atoms with Gasteiger partial charge in [-0.3, -0.25) is 14.9 Å². The smallest absolute Gasteiger partial charge is 0.335 e. The van der Waals surface area contributed by atoms with Gasteiger partial charge in [-0.2, -0.15) is 0 Å². The molecule has 1 N–H and O–H groups in total. The van der Waals surface area contributed by atoms with Gasteiger partial charge in [0.25, 0.3) is 11.8 Å². The molecule has 0 saturated carbocycles. The van der Waals surface area contributed by atoms with Crippen LogP contribution in [0, 0.1) is 5.82 Å². The first-order valence-corrected chi connectivity index (χ1v) is 12.5. The highest BCUT2D eigenvalue weighted by Gasteiger charge is 2.37. The first-order chi connectivity index (χ1) is 19.4. The van der Waals surface area contributed by atoms with Crippen LogP contribution in [-0.4, -0.2) is 31.2 Å². The number of hydrogen-bond acceptors (Lipinski definition) is 7. The van der Waals surface area contributed by atoms with E-state index in [0.717, 1.165) is 22.6 Å². The van der Waals surface area contributed by atoms with E-state index in [2.05, 4.69) is 11.9 Å². The molecule has 0 spiro atoms. The van der Waals surface area contributed by atoms with Gasteiger partial charge in [-0.15, -0.1) is 6.58 Å². The molecule has 0 unspecified atom stereocenters. The molecule has 0 aromatic heterocycles. The van der Waals surface area contributed by atoms with E-state index in [1.807, 2.05) is 25.1 Å². The standard InChI is InChI=1S/C30H25FN2O7/c1-3-5-20-12-19(13-23-28(34)32-30(36)33(29(23)35)22-9-7-21(31)8-10-22)15-26(37-4-2)27(20)38-16-18-6-11-24-25(14-18)40-17-39-24/h3,6-15H,1,4-5,16-17H2,2H3,(H,32,34,36)/b23-13+. The summed E-state index contributed by atoms with van der Waals surface area (Å²) >= 11 is 0. The molecule has 204 valence electrons. The number of barbiturate groups is 1. The zero-order valence-corrected chi connectivity index (χ0v) is 21.6. The first-order valence-electron chi connectivity index (χ1n) is 12.5. The fourth-order valence-corrected chi connectivity index (χ4v) is 4.34. The van der Waals surface area contributed by atoms with Crippen molar-refractivity contribution in [1.29, 1.82) is 0 Å². The van der Waals surface area contributed by atoms with Gasteiger partial charge < -0.3 is 18.9 Å². The molecule has 4 amide bonds. The Bertz CT molecular complexity index is 1530. The average Bonchev–Trinajstić information content (AvgIpc) is 3.40. The van der Waals surface area contributed by atoms with Crippen LogP contribution in [0.5, 0.6) is 23.0 Å². The number of allylic oxidation sites excluding steroid dienone is 1. The minimum atomic E-state index is -0.923. The van der Waals surface area contributed by atoms with E-state index in [-0.39, 0.29) is 24.7 Å². The number of amides is 4. The van der Waals surface area contributed by atoms with Crippen molar-refractivity contribution in [3.8, 4) is 23.0 Å². The third-order valence-electron chi connectivity index (χ3n) is 6.14. The Kier molecular flexibility index (Phi) is 7.50. The SMILES string of the molecule is C=CCc1cc(/C=C2\C(=O)NC(=O)N(c3ccc(F)cc3)C2=O)cc(OCC)c1OCc1ccc2c(c1)OCO2. The van der Waals surface area contributed by atoms with Gasteiger partial charge in [-0.05, 0) is 79.1 Å². The van der Waals surface area contributed by atoms with Gasteiger partial charge in [-0.1, -0.05) is 12.1 Å². The topological polar surface area (TPSA) is 103 Å². The minimum Gasteiger partial charge on any atom is -0.490 e. The van der Waals surface area contributed by atoms with Gasteiger partial charge in [-0.25, -0.2) is 14.1 Å². The van der Waals surface area contributed by atoms with Crippen LogP contribution < -0.4 is 29.2 Å². The predicted octanol–water partition coefficient (Wildman–Crippen LogP) is 4.93. The molecule has 3 aromatic rings. The maximum absolute atomic E-state index is 13.4. The molecule has 0 atom stereocenters. The maximum Gasteiger partial charge on any atom is 0.335 e. The molecule has 40 heavy (non-hydrogen) atoms. The Balaban J connectivity index is 1.48. The summed E-state index contributed by atoms with van der Waals surface area (Å²) in [5.41, 5.74) is 1.89. The molecular weight excluding hydrogens is 519 g/mol. The number of urea groups is 1. The van der Waals surface area contributed by atoms with Gasteiger partial charge >= 0.3 is 6.03 Å². The van der Waals surface area contributed by atoms with Crippen molar-refractivity contribution in [2.75, 3.05) is 18.3 Å². The van der Waals surface area contributed by atoms with Crippen LogP contribution in [0.2, 0.25) is 0 Å². The second kappa shape index (κ2) is 11.3. The van der Waals surface area contributed by atoms with Crippen LogP contribution in [-0.2, 0) is 22.6 Å². The predicted molar refractivity (Wildman–Crippen MR) is 144 cm³/mol. The molecule has 5 rings (SSSR count). The van der Waals surface area contributed by atoms with Gasteiger partial charge in [0.1, 0.15) is 18.0 Å². The van der Waals surface area contributed by atoms with E-state index in [9.17, 15) is 18.8 Å². The van der Waals surface area contributed by atoms with E-state index >= 15 is 0 Å². The molecule has 10 heteroatoms. The number of anilines is 1. The molecule has 2 aliphatic heterocycles. The van der Waals surface area contributed by atoms with Gasteiger partial charge in [0.2, 0.25) is 6.79 Å². The molecule has 0 bridgehead atoms. The summed E-state index contributed by atoms with van der Waals surface area (Å²) in [6.07, 6.45) is 3.48. The lowest BCUT2D eigenvalue weighted by Gasteiger charge is -2.26. The third-order valence-corrected chi connectivity index (χ3v) is 6.14. The number of rotatable bonds is 9. The van der Waals surface area contributed by atoms with Crippen LogP contribution in [0.15, 0.2) is 72.8 Å². The number of ether oxygens (including phenoxy) is 4. The summed E-state index contributed by atoms with van der Waals surface area (Å²) in [6, 6.07) is 12.8.